The molecule has 3 heterocycles. The van der Waals surface area contributed by atoms with Gasteiger partial charge in [-0.1, -0.05) is 12.1 Å². The van der Waals surface area contributed by atoms with Gasteiger partial charge < -0.3 is 9.22 Å². The van der Waals surface area contributed by atoms with E-state index in [-0.39, 0.29) is 29.1 Å². The van der Waals surface area contributed by atoms with Gasteiger partial charge in [0.05, 0.1) is 38.8 Å². The van der Waals surface area contributed by atoms with Crippen molar-refractivity contribution >= 4 is 0 Å². The minimum absolute atomic E-state index is 0.138. The van der Waals surface area contributed by atoms with E-state index in [1.54, 1.807) is 24.5 Å². The van der Waals surface area contributed by atoms with Crippen molar-refractivity contribution in [2.45, 2.75) is 17.9 Å². The number of quaternary nitrogens is 1. The van der Waals surface area contributed by atoms with Gasteiger partial charge in [0.1, 0.15) is 22.9 Å². The predicted molar refractivity (Wildman–Crippen MR) is 126 cm³/mol. The topological polar surface area (TPSA) is 72.8 Å². The van der Waals surface area contributed by atoms with Crippen LogP contribution < -0.4 is 10.3 Å². The summed E-state index contributed by atoms with van der Waals surface area (Å²) in [7, 11) is 4.30. The van der Waals surface area contributed by atoms with Gasteiger partial charge in [0.2, 0.25) is 0 Å². The molecule has 0 amide bonds. The molecule has 0 saturated carbocycles. The van der Waals surface area contributed by atoms with Crippen LogP contribution >= 0.6 is 0 Å². The molecule has 1 aliphatic rings. The fourth-order valence-corrected chi connectivity index (χ4v) is 5.01. The van der Waals surface area contributed by atoms with Crippen molar-refractivity contribution in [2.24, 2.45) is 0 Å². The van der Waals surface area contributed by atoms with Crippen molar-refractivity contribution in [3.63, 3.8) is 0 Å². The van der Waals surface area contributed by atoms with E-state index < -0.39 is 5.54 Å². The monoisotopic (exact) mass is 478 g/mol. The number of nitrogens with zero attached hydrogens (tertiary/aromatic N) is 4. The highest BCUT2D eigenvalue weighted by atomic mass is 19.1. The SMILES string of the molecule is C[N+]1(C)CCC(c2ccc(F)cc2)(n2ccc(=O)[nH]2)C(c2ccnc(Oc3ccc(F)cc3)n2)C1. The number of likely N-dealkylation sites (N-methyl/N-ethyl adjacent to an activating group) is 1. The first-order chi connectivity index (χ1) is 16.7. The van der Waals surface area contributed by atoms with Gasteiger partial charge in [-0.25, -0.2) is 13.8 Å². The molecule has 4 aromatic rings. The molecule has 0 bridgehead atoms. The van der Waals surface area contributed by atoms with E-state index in [1.165, 1.54) is 42.5 Å². The Balaban J connectivity index is 1.64. The number of likely N-dealkylation sites (tertiary alicyclic amines) is 1. The van der Waals surface area contributed by atoms with Crippen LogP contribution in [-0.4, -0.2) is 51.4 Å². The summed E-state index contributed by atoms with van der Waals surface area (Å²) in [6.07, 6.45) is 4.05. The summed E-state index contributed by atoms with van der Waals surface area (Å²) in [5, 5.41) is 2.94. The van der Waals surface area contributed by atoms with Crippen LogP contribution in [0.2, 0.25) is 0 Å². The predicted octanol–water partition coefficient (Wildman–Crippen LogP) is 4.04. The van der Waals surface area contributed by atoms with Gasteiger partial charge in [0, 0.05) is 24.9 Å². The molecule has 1 saturated heterocycles. The molecule has 0 aliphatic carbocycles. The normalized spacial score (nSPS) is 21.5. The summed E-state index contributed by atoms with van der Waals surface area (Å²) in [4.78, 5) is 21.2. The van der Waals surface area contributed by atoms with Crippen LogP contribution in [0.5, 0.6) is 11.8 Å². The van der Waals surface area contributed by atoms with E-state index in [2.05, 4.69) is 24.2 Å². The number of benzene rings is 2. The summed E-state index contributed by atoms with van der Waals surface area (Å²) < 4.78 is 35.6. The first-order valence-corrected chi connectivity index (χ1v) is 11.4. The van der Waals surface area contributed by atoms with Crippen LogP contribution in [0.15, 0.2) is 77.9 Å². The lowest BCUT2D eigenvalue weighted by Gasteiger charge is -2.50. The van der Waals surface area contributed by atoms with Crippen LogP contribution in [0.4, 0.5) is 8.78 Å². The highest BCUT2D eigenvalue weighted by molar-refractivity contribution is 5.34. The zero-order valence-electron chi connectivity index (χ0n) is 19.5. The van der Waals surface area contributed by atoms with Crippen molar-refractivity contribution in [1.29, 1.82) is 0 Å². The Kier molecular flexibility index (Phi) is 5.72. The van der Waals surface area contributed by atoms with Crippen LogP contribution in [0.1, 0.15) is 23.6 Å². The van der Waals surface area contributed by atoms with Crippen LogP contribution in [-0.2, 0) is 5.54 Å². The highest BCUT2D eigenvalue weighted by Gasteiger charge is 2.51. The van der Waals surface area contributed by atoms with Crippen molar-refractivity contribution < 1.29 is 18.0 Å². The van der Waals surface area contributed by atoms with Gasteiger partial charge in [0.25, 0.3) is 5.56 Å². The number of aromatic nitrogens is 4. The molecule has 1 N–H and O–H groups in total. The van der Waals surface area contributed by atoms with Crippen molar-refractivity contribution in [1.82, 2.24) is 19.7 Å². The average molecular weight is 479 g/mol. The number of H-pyrrole nitrogens is 1. The second-order valence-electron chi connectivity index (χ2n) is 9.56. The summed E-state index contributed by atoms with van der Waals surface area (Å²) in [5.41, 5.74) is 0.663. The number of hydrogen-bond acceptors (Lipinski definition) is 4. The van der Waals surface area contributed by atoms with E-state index in [0.717, 1.165) is 22.3 Å². The lowest BCUT2D eigenvalue weighted by molar-refractivity contribution is -0.898. The van der Waals surface area contributed by atoms with Gasteiger partial charge in [-0.15, -0.1) is 0 Å². The van der Waals surface area contributed by atoms with Gasteiger partial charge in [-0.2, -0.15) is 4.98 Å². The first kappa shape index (κ1) is 22.9. The van der Waals surface area contributed by atoms with E-state index in [0.29, 0.717) is 18.7 Å². The first-order valence-electron chi connectivity index (χ1n) is 11.4. The third kappa shape index (κ3) is 4.46. The Hall–Kier alpha value is -3.85. The van der Waals surface area contributed by atoms with Crippen LogP contribution in [0, 0.1) is 11.6 Å². The molecule has 0 radical (unpaired) electrons. The van der Waals surface area contributed by atoms with Gasteiger partial charge >= 0.3 is 6.01 Å². The molecule has 2 aromatic carbocycles. The van der Waals surface area contributed by atoms with E-state index >= 15 is 0 Å². The Morgan fingerprint density at radius 1 is 1.03 bits per heavy atom. The fraction of sp³-hybridized carbons (Fsp3) is 0.269. The molecule has 35 heavy (non-hydrogen) atoms. The molecule has 7 nitrogen and oxygen atoms in total. The maximum absolute atomic E-state index is 13.9. The Labute approximate surface area is 201 Å². The second kappa shape index (κ2) is 8.74. The number of rotatable bonds is 5. The third-order valence-electron chi connectivity index (χ3n) is 6.77. The maximum Gasteiger partial charge on any atom is 0.322 e. The lowest BCUT2D eigenvalue weighted by Crippen LogP contribution is -2.58. The maximum atomic E-state index is 13.9. The third-order valence-corrected chi connectivity index (χ3v) is 6.77. The number of ether oxygens (including phenoxy) is 1. The molecule has 2 unspecified atom stereocenters. The minimum Gasteiger partial charge on any atom is -0.424 e. The highest BCUT2D eigenvalue weighted by Crippen LogP contribution is 2.47. The zero-order valence-corrected chi connectivity index (χ0v) is 19.5. The van der Waals surface area contributed by atoms with Gasteiger partial charge in [0.15, 0.2) is 0 Å². The molecule has 1 fully saturated rings. The Morgan fingerprint density at radius 3 is 2.37 bits per heavy atom. The number of hydrogen-bond donors (Lipinski definition) is 1. The van der Waals surface area contributed by atoms with E-state index in [9.17, 15) is 13.6 Å². The van der Waals surface area contributed by atoms with E-state index in [1.807, 2.05) is 10.7 Å². The minimum atomic E-state index is -0.717. The molecule has 0 spiro atoms. The Bertz CT molecular complexity index is 1380. The molecule has 9 heteroatoms. The van der Waals surface area contributed by atoms with Crippen LogP contribution in [0.3, 0.4) is 0 Å². The summed E-state index contributed by atoms with van der Waals surface area (Å²) in [5.74, 6) is -0.481. The lowest BCUT2D eigenvalue weighted by atomic mass is 9.70. The van der Waals surface area contributed by atoms with Crippen molar-refractivity contribution in [3.05, 3.63) is 106 Å². The molecule has 2 atom stereocenters. The summed E-state index contributed by atoms with van der Waals surface area (Å²) >= 11 is 0. The fourth-order valence-electron chi connectivity index (χ4n) is 5.01. The second-order valence-corrected chi connectivity index (χ2v) is 9.56. The van der Waals surface area contributed by atoms with Crippen molar-refractivity contribution in [2.75, 3.05) is 27.2 Å². The van der Waals surface area contributed by atoms with Crippen molar-refractivity contribution in [3.8, 4) is 11.8 Å². The average Bonchev–Trinajstić information content (AvgIpc) is 3.28. The molecule has 1 aliphatic heterocycles. The largest absolute Gasteiger partial charge is 0.424 e. The number of halogens is 2. The molecule has 2 aromatic heterocycles. The zero-order chi connectivity index (χ0) is 24.6. The summed E-state index contributed by atoms with van der Waals surface area (Å²) in [6.45, 7) is 1.53. The smallest absolute Gasteiger partial charge is 0.322 e. The van der Waals surface area contributed by atoms with Gasteiger partial charge in [-0.05, 0) is 48.0 Å². The number of nitrogens with one attached hydrogen (secondary N) is 1. The molecule has 5 rings (SSSR count). The number of aromatic amines is 1. The quantitative estimate of drug-likeness (QED) is 0.440. The molecule has 180 valence electrons. The summed E-state index contributed by atoms with van der Waals surface area (Å²) in [6, 6.07) is 15.5. The number of piperidine rings is 1. The van der Waals surface area contributed by atoms with Crippen LogP contribution in [0.25, 0.3) is 0 Å². The molecular formula is C26H26F2N5O2+. The van der Waals surface area contributed by atoms with Gasteiger partial charge in [-0.3, -0.25) is 14.6 Å². The Morgan fingerprint density at radius 2 is 1.71 bits per heavy atom. The standard InChI is InChI=1S/C26H25F2N5O2/c1-33(2)16-13-26(32-15-12-24(34)31-32,18-3-5-19(27)6-4-18)22(17-33)23-11-14-29-25(30-23)35-21-9-7-20(28)8-10-21/h3-12,14-15,22H,13,16-17H2,1-2H3/p+1. The van der Waals surface area contributed by atoms with E-state index in [4.69, 9.17) is 9.72 Å². The molecular weight excluding hydrogens is 452 g/mol.